The maximum absolute atomic E-state index is 13.3. The van der Waals surface area contributed by atoms with Crippen LogP contribution in [-0.4, -0.2) is 41.9 Å². The van der Waals surface area contributed by atoms with E-state index < -0.39 is 0 Å². The van der Waals surface area contributed by atoms with Crippen molar-refractivity contribution in [2.45, 2.75) is 13.2 Å². The minimum Gasteiger partial charge on any atom is -0.489 e. The number of nitrogens with zero attached hydrogens (tertiary/aromatic N) is 2. The fourth-order valence-corrected chi connectivity index (χ4v) is 4.11. The van der Waals surface area contributed by atoms with E-state index >= 15 is 0 Å². The summed E-state index contributed by atoms with van der Waals surface area (Å²) in [4.78, 5) is 17.1. The van der Waals surface area contributed by atoms with Crippen LogP contribution in [0, 0.1) is 5.82 Å². The molecule has 1 fully saturated rings. The van der Waals surface area contributed by atoms with Crippen LogP contribution in [0.1, 0.15) is 21.5 Å². The van der Waals surface area contributed by atoms with Crippen molar-refractivity contribution in [2.24, 2.45) is 0 Å². The Morgan fingerprint density at radius 3 is 2.47 bits per heavy atom. The highest BCUT2D eigenvalue weighted by atomic mass is 35.5. The maximum Gasteiger partial charge on any atom is 0.253 e. The van der Waals surface area contributed by atoms with Crippen molar-refractivity contribution in [3.63, 3.8) is 0 Å². The van der Waals surface area contributed by atoms with Crippen LogP contribution in [0.4, 0.5) is 4.39 Å². The van der Waals surface area contributed by atoms with Crippen LogP contribution in [0.2, 0.25) is 10.0 Å². The summed E-state index contributed by atoms with van der Waals surface area (Å²) in [5.41, 5.74) is 2.45. The third-order valence-corrected chi connectivity index (χ3v) is 6.03. The Balaban J connectivity index is 1.32. The minimum atomic E-state index is -0.339. The molecule has 0 saturated carbocycles. The van der Waals surface area contributed by atoms with E-state index in [1.165, 1.54) is 12.1 Å². The molecular formula is C25H23Cl2FN2O2. The van der Waals surface area contributed by atoms with Crippen molar-refractivity contribution in [1.29, 1.82) is 0 Å². The van der Waals surface area contributed by atoms with Gasteiger partial charge in [0.1, 0.15) is 18.2 Å². The second-order valence-electron chi connectivity index (χ2n) is 7.75. The second kappa shape index (κ2) is 10.3. The molecule has 0 atom stereocenters. The molecule has 166 valence electrons. The van der Waals surface area contributed by atoms with Crippen LogP contribution in [0.25, 0.3) is 0 Å². The molecule has 1 amide bonds. The molecule has 32 heavy (non-hydrogen) atoms. The predicted molar refractivity (Wildman–Crippen MR) is 125 cm³/mol. The van der Waals surface area contributed by atoms with Crippen molar-refractivity contribution in [3.05, 3.63) is 99.3 Å². The van der Waals surface area contributed by atoms with Crippen molar-refractivity contribution < 1.29 is 13.9 Å². The lowest BCUT2D eigenvalue weighted by Crippen LogP contribution is -2.48. The standard InChI is InChI=1S/C25H23Cl2FN2O2/c26-21-5-2-6-23(14-21)32-17-18-3-1-4-19(13-18)25(31)30-11-9-29(10-12-30)16-20-7-8-22(28)15-24(20)27/h1-8,13-15H,9-12,16-17H2. The maximum atomic E-state index is 13.3. The lowest BCUT2D eigenvalue weighted by molar-refractivity contribution is 0.0628. The normalized spacial score (nSPS) is 14.4. The van der Waals surface area contributed by atoms with Gasteiger partial charge in [0.15, 0.2) is 0 Å². The Morgan fingerprint density at radius 2 is 1.72 bits per heavy atom. The van der Waals surface area contributed by atoms with E-state index in [1.54, 1.807) is 18.2 Å². The first kappa shape index (κ1) is 22.6. The first-order valence-electron chi connectivity index (χ1n) is 10.4. The number of piperazine rings is 1. The predicted octanol–water partition coefficient (Wildman–Crippen LogP) is 5.67. The number of rotatable bonds is 6. The SMILES string of the molecule is O=C(c1cccc(COc2cccc(Cl)c2)c1)N1CCN(Cc2ccc(F)cc2Cl)CC1. The molecule has 0 bridgehead atoms. The Morgan fingerprint density at radius 1 is 0.938 bits per heavy atom. The van der Waals surface area contributed by atoms with Gasteiger partial charge in [-0.2, -0.15) is 0 Å². The number of hydrogen-bond acceptors (Lipinski definition) is 3. The van der Waals surface area contributed by atoms with Crippen molar-refractivity contribution >= 4 is 29.1 Å². The highest BCUT2D eigenvalue weighted by Crippen LogP contribution is 2.21. The lowest BCUT2D eigenvalue weighted by atomic mass is 10.1. The lowest BCUT2D eigenvalue weighted by Gasteiger charge is -2.35. The third-order valence-electron chi connectivity index (χ3n) is 5.44. The molecule has 0 N–H and O–H groups in total. The Kier molecular flexibility index (Phi) is 7.30. The number of hydrogen-bond donors (Lipinski definition) is 0. The fourth-order valence-electron chi connectivity index (χ4n) is 3.70. The van der Waals surface area contributed by atoms with Crippen molar-refractivity contribution in [1.82, 2.24) is 9.80 Å². The second-order valence-corrected chi connectivity index (χ2v) is 8.59. The van der Waals surface area contributed by atoms with Crippen LogP contribution in [0.3, 0.4) is 0 Å². The Hall–Kier alpha value is -2.60. The van der Waals surface area contributed by atoms with E-state index in [1.807, 2.05) is 41.3 Å². The molecule has 0 aromatic heterocycles. The molecule has 4 rings (SSSR count). The topological polar surface area (TPSA) is 32.8 Å². The van der Waals surface area contributed by atoms with Gasteiger partial charge >= 0.3 is 0 Å². The summed E-state index contributed by atoms with van der Waals surface area (Å²) in [6.07, 6.45) is 0. The largest absolute Gasteiger partial charge is 0.489 e. The van der Waals surface area contributed by atoms with Crippen LogP contribution in [0.5, 0.6) is 5.75 Å². The van der Waals surface area contributed by atoms with Crippen LogP contribution in [0.15, 0.2) is 66.7 Å². The van der Waals surface area contributed by atoms with Gasteiger partial charge in [-0.1, -0.05) is 47.5 Å². The molecule has 0 spiro atoms. The van der Waals surface area contributed by atoms with Gasteiger partial charge in [0.05, 0.1) is 0 Å². The highest BCUT2D eigenvalue weighted by molar-refractivity contribution is 6.31. The average molecular weight is 473 g/mol. The fraction of sp³-hybridized carbons (Fsp3) is 0.240. The molecule has 0 radical (unpaired) electrons. The van der Waals surface area contributed by atoms with E-state index in [9.17, 15) is 9.18 Å². The number of carbonyl (C=O) groups excluding carboxylic acids is 1. The van der Waals surface area contributed by atoms with Gasteiger partial charge in [0, 0.05) is 48.3 Å². The average Bonchev–Trinajstić information content (AvgIpc) is 2.80. The molecular weight excluding hydrogens is 450 g/mol. The summed E-state index contributed by atoms with van der Waals surface area (Å²) in [6.45, 7) is 3.71. The number of amides is 1. The summed E-state index contributed by atoms with van der Waals surface area (Å²) >= 11 is 12.1. The highest BCUT2D eigenvalue weighted by Gasteiger charge is 2.23. The number of benzene rings is 3. The van der Waals surface area contributed by atoms with E-state index in [0.29, 0.717) is 47.6 Å². The summed E-state index contributed by atoms with van der Waals surface area (Å²) in [5.74, 6) is 0.357. The molecule has 1 heterocycles. The van der Waals surface area contributed by atoms with Gasteiger partial charge in [-0.25, -0.2) is 4.39 Å². The van der Waals surface area contributed by atoms with Gasteiger partial charge in [-0.15, -0.1) is 0 Å². The van der Waals surface area contributed by atoms with Gasteiger partial charge in [0.25, 0.3) is 5.91 Å². The van der Waals surface area contributed by atoms with Gasteiger partial charge in [-0.05, 0) is 53.6 Å². The van der Waals surface area contributed by atoms with Crippen LogP contribution < -0.4 is 4.74 Å². The van der Waals surface area contributed by atoms with Crippen LogP contribution in [-0.2, 0) is 13.2 Å². The summed E-state index contributed by atoms with van der Waals surface area (Å²) in [6, 6.07) is 19.2. The molecule has 4 nitrogen and oxygen atoms in total. The smallest absolute Gasteiger partial charge is 0.253 e. The quantitative estimate of drug-likeness (QED) is 0.463. The zero-order valence-corrected chi connectivity index (χ0v) is 19.0. The molecule has 0 aliphatic carbocycles. The summed E-state index contributed by atoms with van der Waals surface area (Å²) < 4.78 is 19.0. The molecule has 3 aromatic rings. The monoisotopic (exact) mass is 472 g/mol. The number of halogens is 3. The van der Waals surface area contributed by atoms with Gasteiger partial charge in [-0.3, -0.25) is 9.69 Å². The molecule has 1 aliphatic rings. The van der Waals surface area contributed by atoms with E-state index in [-0.39, 0.29) is 11.7 Å². The molecule has 3 aromatic carbocycles. The Labute approximate surface area is 197 Å². The van der Waals surface area contributed by atoms with Gasteiger partial charge < -0.3 is 9.64 Å². The van der Waals surface area contributed by atoms with E-state index in [2.05, 4.69) is 4.90 Å². The zero-order valence-electron chi connectivity index (χ0n) is 17.4. The Bertz CT molecular complexity index is 1100. The van der Waals surface area contributed by atoms with Gasteiger partial charge in [0.2, 0.25) is 0 Å². The molecule has 1 aliphatic heterocycles. The first-order valence-corrected chi connectivity index (χ1v) is 11.2. The number of ether oxygens (including phenoxy) is 1. The van der Waals surface area contributed by atoms with E-state index in [4.69, 9.17) is 27.9 Å². The third kappa shape index (κ3) is 5.80. The molecule has 1 saturated heterocycles. The zero-order chi connectivity index (χ0) is 22.5. The molecule has 0 unspecified atom stereocenters. The summed E-state index contributed by atoms with van der Waals surface area (Å²) in [7, 11) is 0. The minimum absolute atomic E-state index is 0.00840. The van der Waals surface area contributed by atoms with Crippen molar-refractivity contribution in [2.75, 3.05) is 26.2 Å². The van der Waals surface area contributed by atoms with Crippen LogP contribution >= 0.6 is 23.2 Å². The first-order chi connectivity index (χ1) is 15.5. The van der Waals surface area contributed by atoms with Crippen molar-refractivity contribution in [3.8, 4) is 5.75 Å². The summed E-state index contributed by atoms with van der Waals surface area (Å²) in [5, 5.41) is 1.05. The molecule has 7 heteroatoms. The van der Waals surface area contributed by atoms with E-state index in [0.717, 1.165) is 24.2 Å². The number of carbonyl (C=O) groups is 1.